The van der Waals surface area contributed by atoms with Gasteiger partial charge in [0.25, 0.3) is 5.69 Å². The second kappa shape index (κ2) is 11.9. The molecule has 1 atom stereocenters. The van der Waals surface area contributed by atoms with E-state index in [2.05, 4.69) is 22.5 Å². The molecule has 30 heavy (non-hydrogen) atoms. The lowest BCUT2D eigenvalue weighted by molar-refractivity contribution is -0.384. The Morgan fingerprint density at radius 2 is 2.00 bits per heavy atom. The minimum Gasteiger partial charge on any atom is -0.376 e. The molecule has 0 radical (unpaired) electrons. The van der Waals surface area contributed by atoms with Gasteiger partial charge in [0, 0.05) is 44.4 Å². The van der Waals surface area contributed by atoms with Crippen LogP contribution >= 0.6 is 0 Å². The van der Waals surface area contributed by atoms with E-state index in [0.29, 0.717) is 12.6 Å². The van der Waals surface area contributed by atoms with Gasteiger partial charge in [-0.05, 0) is 50.6 Å². The summed E-state index contributed by atoms with van der Waals surface area (Å²) >= 11 is 0. The summed E-state index contributed by atoms with van der Waals surface area (Å²) in [5.74, 6) is 0.802. The number of aliphatic imine (C=N–C) groups is 1. The van der Waals surface area contributed by atoms with Crippen LogP contribution in [0.3, 0.4) is 0 Å². The predicted molar refractivity (Wildman–Crippen MR) is 119 cm³/mol. The van der Waals surface area contributed by atoms with Crippen LogP contribution in [-0.4, -0.2) is 60.7 Å². The third-order valence-corrected chi connectivity index (χ3v) is 5.81. The number of likely N-dealkylation sites (tertiary alicyclic amines) is 1. The average molecular weight is 418 g/mol. The highest BCUT2D eigenvalue weighted by Gasteiger charge is 2.20. The largest absolute Gasteiger partial charge is 0.376 e. The van der Waals surface area contributed by atoms with Gasteiger partial charge in [-0.2, -0.15) is 0 Å². The summed E-state index contributed by atoms with van der Waals surface area (Å²) < 4.78 is 5.84. The Morgan fingerprint density at radius 1 is 1.23 bits per heavy atom. The molecule has 2 aliphatic rings. The van der Waals surface area contributed by atoms with E-state index < -0.39 is 0 Å². The maximum Gasteiger partial charge on any atom is 0.269 e. The zero-order valence-corrected chi connectivity index (χ0v) is 18.0. The number of nitrogens with one attached hydrogen (secondary N) is 2. The number of rotatable bonds is 8. The fourth-order valence-electron chi connectivity index (χ4n) is 4.04. The first-order valence-corrected chi connectivity index (χ1v) is 11.3. The van der Waals surface area contributed by atoms with Crippen molar-refractivity contribution in [1.29, 1.82) is 0 Å². The van der Waals surface area contributed by atoms with Crippen molar-refractivity contribution in [2.24, 2.45) is 4.99 Å². The van der Waals surface area contributed by atoms with Crippen LogP contribution < -0.4 is 10.6 Å². The van der Waals surface area contributed by atoms with Crippen LogP contribution in [0.25, 0.3) is 0 Å². The molecule has 1 aromatic carbocycles. The molecule has 0 bridgehead atoms. The van der Waals surface area contributed by atoms with Gasteiger partial charge in [-0.25, -0.2) is 4.99 Å². The molecular weight excluding hydrogens is 382 g/mol. The van der Waals surface area contributed by atoms with E-state index in [1.807, 2.05) is 0 Å². The molecule has 8 nitrogen and oxygen atoms in total. The van der Waals surface area contributed by atoms with Crippen molar-refractivity contribution in [2.45, 2.75) is 64.1 Å². The summed E-state index contributed by atoms with van der Waals surface area (Å²) in [7, 11) is 0. The van der Waals surface area contributed by atoms with Crippen molar-refractivity contribution in [3.8, 4) is 0 Å². The van der Waals surface area contributed by atoms with E-state index in [4.69, 9.17) is 9.73 Å². The van der Waals surface area contributed by atoms with E-state index in [9.17, 15) is 10.1 Å². The number of guanidine groups is 1. The van der Waals surface area contributed by atoms with Crippen LogP contribution in [0.1, 0.15) is 51.0 Å². The van der Waals surface area contributed by atoms with E-state index in [-0.39, 0.29) is 16.7 Å². The molecule has 2 saturated heterocycles. The number of ether oxygens (including phenoxy) is 1. The smallest absolute Gasteiger partial charge is 0.269 e. The highest BCUT2D eigenvalue weighted by atomic mass is 16.6. The van der Waals surface area contributed by atoms with E-state index >= 15 is 0 Å². The first-order valence-electron chi connectivity index (χ1n) is 11.3. The average Bonchev–Trinajstić information content (AvgIpc) is 2.78. The maximum absolute atomic E-state index is 10.8. The molecule has 3 rings (SSSR count). The summed E-state index contributed by atoms with van der Waals surface area (Å²) in [6, 6.07) is 7.02. The molecule has 2 aliphatic heterocycles. The monoisotopic (exact) mass is 417 g/mol. The molecule has 1 unspecified atom stereocenters. The van der Waals surface area contributed by atoms with Gasteiger partial charge < -0.3 is 20.3 Å². The Morgan fingerprint density at radius 3 is 2.63 bits per heavy atom. The minimum absolute atomic E-state index is 0.104. The molecule has 2 heterocycles. The van der Waals surface area contributed by atoms with Gasteiger partial charge in [0.05, 0.1) is 17.6 Å². The molecule has 2 N–H and O–H groups in total. The predicted octanol–water partition coefficient (Wildman–Crippen LogP) is 3.07. The Labute approximate surface area is 179 Å². The summed E-state index contributed by atoms with van der Waals surface area (Å²) in [4.78, 5) is 17.7. The molecule has 0 aliphatic carbocycles. The topological polar surface area (TPSA) is 92.0 Å². The fourth-order valence-corrected chi connectivity index (χ4v) is 4.04. The van der Waals surface area contributed by atoms with Gasteiger partial charge in [-0.1, -0.05) is 19.1 Å². The number of hydrogen-bond donors (Lipinski definition) is 2. The summed E-state index contributed by atoms with van der Waals surface area (Å²) in [5, 5.41) is 17.9. The number of non-ortho nitro benzene ring substituents is 1. The quantitative estimate of drug-likeness (QED) is 0.292. The van der Waals surface area contributed by atoms with Crippen molar-refractivity contribution in [3.63, 3.8) is 0 Å². The fraction of sp³-hybridized carbons (Fsp3) is 0.682. The zero-order chi connectivity index (χ0) is 21.2. The molecular formula is C22H35N5O3. The van der Waals surface area contributed by atoms with Gasteiger partial charge in [-0.15, -0.1) is 0 Å². The normalized spacial score (nSPS) is 21.4. The molecule has 0 saturated carbocycles. The van der Waals surface area contributed by atoms with Gasteiger partial charge in [0.1, 0.15) is 0 Å². The summed E-state index contributed by atoms with van der Waals surface area (Å²) in [6.45, 7) is 7.70. The van der Waals surface area contributed by atoms with Crippen LogP contribution in [0, 0.1) is 10.1 Å². The number of nitrogens with zero attached hydrogens (tertiary/aromatic N) is 3. The standard InChI is InChI=1S/C22H35N5O3/c1-2-12-26-13-10-19(11-14-26)25-22(24-17-21-5-3-4-15-30-21)23-16-18-6-8-20(9-7-18)27(28)29/h6-9,19,21H,2-5,10-17H2,1H3,(H2,23,24,25). The molecule has 8 heteroatoms. The van der Waals surface area contributed by atoms with Crippen molar-refractivity contribution in [3.05, 3.63) is 39.9 Å². The van der Waals surface area contributed by atoms with E-state index in [1.165, 1.54) is 31.5 Å². The van der Waals surface area contributed by atoms with Crippen LogP contribution in [0.2, 0.25) is 0 Å². The summed E-state index contributed by atoms with van der Waals surface area (Å²) in [6.07, 6.45) is 7.09. The lowest BCUT2D eigenvalue weighted by atomic mass is 10.1. The highest BCUT2D eigenvalue weighted by molar-refractivity contribution is 5.80. The SMILES string of the molecule is CCCN1CCC(NC(=NCc2ccc([N+](=O)[O-])cc2)NCC2CCCCO2)CC1. The number of benzene rings is 1. The first-order chi connectivity index (χ1) is 14.6. The number of hydrogen-bond acceptors (Lipinski definition) is 5. The Balaban J connectivity index is 1.57. The van der Waals surface area contributed by atoms with Crippen molar-refractivity contribution in [1.82, 2.24) is 15.5 Å². The first kappa shape index (κ1) is 22.5. The number of nitro groups is 1. The van der Waals surface area contributed by atoms with Gasteiger partial charge in [0.15, 0.2) is 5.96 Å². The minimum atomic E-state index is -0.378. The molecule has 1 aromatic rings. The zero-order valence-electron chi connectivity index (χ0n) is 18.0. The van der Waals surface area contributed by atoms with Gasteiger partial charge >= 0.3 is 0 Å². The van der Waals surface area contributed by atoms with Crippen LogP contribution in [0.4, 0.5) is 5.69 Å². The van der Waals surface area contributed by atoms with Crippen molar-refractivity contribution < 1.29 is 9.66 Å². The van der Waals surface area contributed by atoms with Crippen LogP contribution in [-0.2, 0) is 11.3 Å². The summed E-state index contributed by atoms with van der Waals surface area (Å²) in [5.41, 5.74) is 1.06. The van der Waals surface area contributed by atoms with Crippen LogP contribution in [0.5, 0.6) is 0 Å². The second-order valence-corrected chi connectivity index (χ2v) is 8.22. The Hall–Kier alpha value is -2.19. The Bertz CT molecular complexity index is 681. The Kier molecular flexibility index (Phi) is 8.89. The molecule has 0 aromatic heterocycles. The molecule has 166 valence electrons. The van der Waals surface area contributed by atoms with Gasteiger partial charge in [-0.3, -0.25) is 10.1 Å². The maximum atomic E-state index is 10.8. The molecule has 0 spiro atoms. The third-order valence-electron chi connectivity index (χ3n) is 5.81. The van der Waals surface area contributed by atoms with E-state index in [0.717, 1.165) is 63.4 Å². The van der Waals surface area contributed by atoms with Gasteiger partial charge in [0.2, 0.25) is 0 Å². The van der Waals surface area contributed by atoms with E-state index in [1.54, 1.807) is 12.1 Å². The lowest BCUT2D eigenvalue weighted by Crippen LogP contribution is -2.50. The molecule has 0 amide bonds. The number of nitro benzene ring substituents is 1. The lowest BCUT2D eigenvalue weighted by Gasteiger charge is -2.33. The third kappa shape index (κ3) is 7.25. The highest BCUT2D eigenvalue weighted by Crippen LogP contribution is 2.14. The van der Waals surface area contributed by atoms with Crippen molar-refractivity contribution in [2.75, 3.05) is 32.8 Å². The number of piperidine rings is 1. The molecule has 2 fully saturated rings. The second-order valence-electron chi connectivity index (χ2n) is 8.22. The van der Waals surface area contributed by atoms with Crippen molar-refractivity contribution >= 4 is 11.6 Å². The van der Waals surface area contributed by atoms with Crippen LogP contribution in [0.15, 0.2) is 29.3 Å².